The highest BCUT2D eigenvalue weighted by atomic mass is 15.1. The molecule has 3 heteroatoms. The number of nitrogens with two attached hydrogens (primary N) is 1. The van der Waals surface area contributed by atoms with Gasteiger partial charge in [0.25, 0.3) is 0 Å². The van der Waals surface area contributed by atoms with Gasteiger partial charge in [0, 0.05) is 11.6 Å². The molecular weight excluding hydrogens is 619 g/mol. The van der Waals surface area contributed by atoms with Crippen molar-refractivity contribution in [3.63, 3.8) is 0 Å². The molecule has 252 valence electrons. The van der Waals surface area contributed by atoms with Gasteiger partial charge in [-0.05, 0) is 136 Å². The summed E-state index contributed by atoms with van der Waals surface area (Å²) in [7, 11) is 0. The summed E-state index contributed by atoms with van der Waals surface area (Å²) in [5, 5.41) is 3.92. The van der Waals surface area contributed by atoms with E-state index < -0.39 is 0 Å². The molecule has 0 saturated carbocycles. The summed E-state index contributed by atoms with van der Waals surface area (Å²) >= 11 is 0. The number of rotatable bonds is 8. The van der Waals surface area contributed by atoms with Crippen molar-refractivity contribution in [2.75, 3.05) is 0 Å². The number of hydrogen-bond acceptors (Lipinski definition) is 2. The molecule has 2 atom stereocenters. The van der Waals surface area contributed by atoms with E-state index in [1.807, 2.05) is 0 Å². The Balaban J connectivity index is 1.11. The van der Waals surface area contributed by atoms with E-state index in [4.69, 9.17) is 10.7 Å². The first-order chi connectivity index (χ1) is 25.1. The molecule has 3 nitrogen and oxygen atoms in total. The summed E-state index contributed by atoms with van der Waals surface area (Å²) in [6, 6.07) is 31.2. The van der Waals surface area contributed by atoms with Crippen LogP contribution in [-0.2, 0) is 12.8 Å². The number of nitrogens with zero attached hydrogens (tertiary/aromatic N) is 1. The molecule has 0 aliphatic heterocycles. The lowest BCUT2D eigenvalue weighted by molar-refractivity contribution is 0.481. The third-order valence-corrected chi connectivity index (χ3v) is 11.5. The van der Waals surface area contributed by atoms with Crippen molar-refractivity contribution in [1.29, 1.82) is 0 Å². The maximum atomic E-state index is 7.17. The molecule has 4 aromatic carbocycles. The predicted octanol–water partition coefficient (Wildman–Crippen LogP) is 11.1. The predicted molar refractivity (Wildman–Crippen MR) is 213 cm³/mol. The lowest BCUT2D eigenvalue weighted by atomic mass is 9.85. The van der Waals surface area contributed by atoms with Gasteiger partial charge in [-0.25, -0.2) is 4.99 Å². The van der Waals surface area contributed by atoms with E-state index in [0.29, 0.717) is 5.84 Å². The van der Waals surface area contributed by atoms with Gasteiger partial charge in [0.2, 0.25) is 0 Å². The molecule has 51 heavy (non-hydrogen) atoms. The quantitative estimate of drug-likeness (QED) is 0.128. The van der Waals surface area contributed by atoms with Gasteiger partial charge in [-0.1, -0.05) is 127 Å². The number of hydrogen-bond donors (Lipinski definition) is 2. The van der Waals surface area contributed by atoms with Gasteiger partial charge in [0.15, 0.2) is 0 Å². The summed E-state index contributed by atoms with van der Waals surface area (Å²) in [5.41, 5.74) is 27.3. The third kappa shape index (κ3) is 6.00. The Kier molecular flexibility index (Phi) is 8.37. The third-order valence-electron chi connectivity index (χ3n) is 11.5. The van der Waals surface area contributed by atoms with Crippen molar-refractivity contribution in [3.05, 3.63) is 189 Å². The Morgan fingerprint density at radius 1 is 0.706 bits per heavy atom. The average molecular weight is 664 g/mol. The van der Waals surface area contributed by atoms with Crippen molar-refractivity contribution >= 4 is 17.0 Å². The standard InChI is InChI=1S/C48H45N3/c1-31(32-13-5-2-6-14-32)50-48(44-22-12-20-38-30-40-28-36(24-26-42(40)46(38)44)34-17-9-4-10-18-34)51-47(49)43-21-11-19-37-29-39-27-35(23-25-41(39)45(37)43)33-15-7-3-8-16-33/h2-7,9,11-15,17,19-22,24,26-28,31,48,50H,8,10,16,18,23,25,29-30H2,1H3,(H2,49,51). The zero-order valence-corrected chi connectivity index (χ0v) is 29.5. The zero-order chi connectivity index (χ0) is 34.3. The summed E-state index contributed by atoms with van der Waals surface area (Å²) in [5.74, 6) is 0.594. The molecule has 0 radical (unpaired) electrons. The number of fused-ring (bicyclic) bond motifs is 5. The smallest absolute Gasteiger partial charge is 0.129 e. The van der Waals surface area contributed by atoms with Crippen molar-refractivity contribution in [3.8, 4) is 11.1 Å². The second kappa shape index (κ2) is 13.5. The monoisotopic (exact) mass is 663 g/mol. The van der Waals surface area contributed by atoms with Crippen LogP contribution in [0.3, 0.4) is 0 Å². The van der Waals surface area contributed by atoms with Crippen LogP contribution in [0, 0.1) is 0 Å². The van der Waals surface area contributed by atoms with Crippen molar-refractivity contribution in [2.24, 2.45) is 10.7 Å². The van der Waals surface area contributed by atoms with Crippen molar-refractivity contribution < 1.29 is 0 Å². The molecular formula is C48H45N3. The van der Waals surface area contributed by atoms with Gasteiger partial charge in [0.1, 0.15) is 12.0 Å². The molecule has 0 amide bonds. The van der Waals surface area contributed by atoms with Crippen LogP contribution in [0.4, 0.5) is 0 Å². The Morgan fingerprint density at radius 2 is 1.47 bits per heavy atom. The summed E-state index contributed by atoms with van der Waals surface area (Å²) in [6.07, 6.45) is 24.2. The van der Waals surface area contributed by atoms with E-state index in [1.165, 1.54) is 77.9 Å². The molecule has 9 rings (SSSR count). The minimum Gasteiger partial charge on any atom is -0.383 e. The second-order valence-electron chi connectivity index (χ2n) is 14.7. The van der Waals surface area contributed by atoms with Crippen LogP contribution < -0.4 is 11.1 Å². The molecule has 5 aliphatic rings. The van der Waals surface area contributed by atoms with Crippen molar-refractivity contribution in [1.82, 2.24) is 5.32 Å². The Labute approximate surface area is 302 Å². The van der Waals surface area contributed by atoms with Gasteiger partial charge in [0.05, 0.1) is 0 Å². The molecule has 5 aliphatic carbocycles. The lowest BCUT2D eigenvalue weighted by Crippen LogP contribution is -2.27. The van der Waals surface area contributed by atoms with Gasteiger partial charge < -0.3 is 5.73 Å². The van der Waals surface area contributed by atoms with Gasteiger partial charge in [-0.15, -0.1) is 0 Å². The molecule has 0 aromatic heterocycles. The number of nitrogens with one attached hydrogen (secondary N) is 1. The summed E-state index contributed by atoms with van der Waals surface area (Å²) in [6.45, 7) is 2.23. The first kappa shape index (κ1) is 31.7. The highest BCUT2D eigenvalue weighted by Gasteiger charge is 2.30. The van der Waals surface area contributed by atoms with Gasteiger partial charge in [-0.3, -0.25) is 5.32 Å². The highest BCUT2D eigenvalue weighted by molar-refractivity contribution is 6.04. The van der Waals surface area contributed by atoms with Crippen LogP contribution in [0.25, 0.3) is 22.3 Å². The number of amidine groups is 1. The number of allylic oxidation sites excluding steroid dienone is 12. The zero-order valence-electron chi connectivity index (χ0n) is 29.5. The van der Waals surface area contributed by atoms with Crippen LogP contribution in [0.15, 0.2) is 149 Å². The number of aliphatic imine (C=N–C) groups is 1. The van der Waals surface area contributed by atoms with Crippen LogP contribution in [0.5, 0.6) is 0 Å². The minimum atomic E-state index is -0.332. The van der Waals surface area contributed by atoms with Gasteiger partial charge in [-0.2, -0.15) is 0 Å². The van der Waals surface area contributed by atoms with Crippen LogP contribution in [-0.4, -0.2) is 5.84 Å². The Hall–Kier alpha value is -5.25. The van der Waals surface area contributed by atoms with Crippen molar-refractivity contribution in [2.45, 2.75) is 70.5 Å². The van der Waals surface area contributed by atoms with Crippen LogP contribution >= 0.6 is 0 Å². The Bertz CT molecular complexity index is 2250. The highest BCUT2D eigenvalue weighted by Crippen LogP contribution is 2.46. The first-order valence-corrected chi connectivity index (χ1v) is 18.8. The largest absolute Gasteiger partial charge is 0.383 e. The first-order valence-electron chi connectivity index (χ1n) is 18.8. The van der Waals surface area contributed by atoms with E-state index in [1.54, 1.807) is 0 Å². The molecule has 3 N–H and O–H groups in total. The van der Waals surface area contributed by atoms with Crippen LogP contribution in [0.2, 0.25) is 0 Å². The SMILES string of the molecule is CC(NC(N=C(N)c1cccc2c1C1=C(C=C(C3=CC=CCC3)CC1)C2)c1cccc2c1-c1ccc(C3=CC=CCC3)cc1C2)c1ccccc1. The van der Waals surface area contributed by atoms with Crippen LogP contribution in [0.1, 0.15) is 102 Å². The molecule has 0 spiro atoms. The molecule has 0 saturated heterocycles. The van der Waals surface area contributed by atoms with E-state index in [-0.39, 0.29) is 12.2 Å². The fourth-order valence-corrected chi connectivity index (χ4v) is 8.91. The topological polar surface area (TPSA) is 50.4 Å². The number of benzene rings is 4. The minimum absolute atomic E-state index is 0.0692. The lowest BCUT2D eigenvalue weighted by Gasteiger charge is -2.25. The second-order valence-corrected chi connectivity index (χ2v) is 14.7. The normalized spacial score (nSPS) is 18.7. The van der Waals surface area contributed by atoms with Gasteiger partial charge >= 0.3 is 0 Å². The van der Waals surface area contributed by atoms with E-state index in [0.717, 1.165) is 56.9 Å². The Morgan fingerprint density at radius 3 is 2.25 bits per heavy atom. The van der Waals surface area contributed by atoms with E-state index in [9.17, 15) is 0 Å². The maximum absolute atomic E-state index is 7.17. The average Bonchev–Trinajstić information content (AvgIpc) is 3.76. The fourth-order valence-electron chi connectivity index (χ4n) is 8.91. The molecule has 0 fully saturated rings. The summed E-state index contributed by atoms with van der Waals surface area (Å²) in [4.78, 5) is 5.44. The molecule has 4 aromatic rings. The maximum Gasteiger partial charge on any atom is 0.129 e. The summed E-state index contributed by atoms with van der Waals surface area (Å²) < 4.78 is 0. The molecule has 0 heterocycles. The fraction of sp³-hybridized carbons (Fsp3) is 0.229. The molecule has 2 unspecified atom stereocenters. The molecule has 0 bridgehead atoms. The van der Waals surface area contributed by atoms with E-state index in [2.05, 4.69) is 140 Å². The van der Waals surface area contributed by atoms with E-state index >= 15 is 0 Å².